The predicted molar refractivity (Wildman–Crippen MR) is 51.8 cm³/mol. The topological polar surface area (TPSA) is 47.6 Å². The van der Waals surface area contributed by atoms with Crippen LogP contribution in [0, 0.1) is 0 Å². The summed E-state index contributed by atoms with van der Waals surface area (Å²) >= 11 is 3.80. The van der Waals surface area contributed by atoms with Crippen molar-refractivity contribution in [3.8, 4) is 0 Å². The van der Waals surface area contributed by atoms with Crippen LogP contribution in [-0.2, 0) is 14.4 Å². The van der Waals surface area contributed by atoms with Gasteiger partial charge in [-0.2, -0.15) is 0 Å². The molecule has 0 heterocycles. The lowest BCUT2D eigenvalue weighted by molar-refractivity contribution is -0.121. The van der Waals surface area contributed by atoms with E-state index in [0.29, 0.717) is 13.2 Å². The van der Waals surface area contributed by atoms with E-state index < -0.39 is 0 Å². The highest BCUT2D eigenvalue weighted by molar-refractivity contribution is 8.67. The Bertz CT molecular complexity index is 123. The minimum atomic E-state index is 0.0416. The number of ketones is 1. The molecule has 0 aliphatic rings. The average Bonchev–Trinajstić information content (AvgIpc) is 2.02. The van der Waals surface area contributed by atoms with Gasteiger partial charge in [0.1, 0.15) is 6.61 Å². The van der Waals surface area contributed by atoms with Gasteiger partial charge in [0.05, 0.1) is 6.61 Å². The molecule has 0 saturated carbocycles. The van der Waals surface area contributed by atoms with Gasteiger partial charge in [0.25, 0.3) is 0 Å². The van der Waals surface area contributed by atoms with Crippen LogP contribution in [0.15, 0.2) is 0 Å². The molecule has 12 heavy (non-hydrogen) atoms. The molecular formula is C6H13NO3S2. The fraction of sp³-hybridized carbons (Fsp3) is 0.833. The van der Waals surface area contributed by atoms with Gasteiger partial charge in [0, 0.05) is 17.6 Å². The highest BCUT2D eigenvalue weighted by Crippen LogP contribution is 1.96. The van der Waals surface area contributed by atoms with E-state index in [-0.39, 0.29) is 12.4 Å². The molecule has 0 aromatic rings. The van der Waals surface area contributed by atoms with E-state index in [1.165, 1.54) is 6.92 Å². The zero-order chi connectivity index (χ0) is 9.23. The van der Waals surface area contributed by atoms with E-state index >= 15 is 0 Å². The zero-order valence-electron chi connectivity index (χ0n) is 6.91. The number of nitrogens with one attached hydrogen (secondary N) is 1. The SMILES string of the molecule is CC(=O)COCCCONSS. The quantitative estimate of drug-likeness (QED) is 0.206. The van der Waals surface area contributed by atoms with Crippen molar-refractivity contribution >= 4 is 28.4 Å². The molecule has 0 unspecified atom stereocenters. The molecule has 0 aliphatic carbocycles. The van der Waals surface area contributed by atoms with Gasteiger partial charge in [-0.05, 0) is 13.3 Å². The number of thiol groups is 1. The van der Waals surface area contributed by atoms with Gasteiger partial charge in [0.15, 0.2) is 5.78 Å². The number of hydrogen-bond acceptors (Lipinski definition) is 6. The molecule has 0 bridgehead atoms. The van der Waals surface area contributed by atoms with E-state index in [2.05, 4.69) is 16.5 Å². The maximum Gasteiger partial charge on any atom is 0.155 e. The van der Waals surface area contributed by atoms with Crippen LogP contribution in [0.1, 0.15) is 13.3 Å². The number of carbonyl (C=O) groups is 1. The molecule has 0 atom stereocenters. The van der Waals surface area contributed by atoms with Crippen molar-refractivity contribution in [2.45, 2.75) is 13.3 Å². The Morgan fingerprint density at radius 2 is 2.33 bits per heavy atom. The first-order valence-electron chi connectivity index (χ1n) is 3.51. The summed E-state index contributed by atoms with van der Waals surface area (Å²) in [5.41, 5.74) is 0. The smallest absolute Gasteiger partial charge is 0.155 e. The van der Waals surface area contributed by atoms with Crippen LogP contribution >= 0.6 is 22.6 Å². The van der Waals surface area contributed by atoms with Gasteiger partial charge in [-0.25, -0.2) is 0 Å². The van der Waals surface area contributed by atoms with Crippen LogP contribution in [0.4, 0.5) is 0 Å². The fourth-order valence-corrected chi connectivity index (χ4v) is 0.811. The Morgan fingerprint density at radius 1 is 1.58 bits per heavy atom. The molecular weight excluding hydrogens is 198 g/mol. The summed E-state index contributed by atoms with van der Waals surface area (Å²) < 4.78 is 4.99. The van der Waals surface area contributed by atoms with Crippen molar-refractivity contribution in [3.05, 3.63) is 0 Å². The molecule has 0 rings (SSSR count). The van der Waals surface area contributed by atoms with Crippen molar-refractivity contribution in [2.75, 3.05) is 19.8 Å². The second-order valence-electron chi connectivity index (χ2n) is 2.13. The van der Waals surface area contributed by atoms with Crippen molar-refractivity contribution < 1.29 is 14.4 Å². The third kappa shape index (κ3) is 10.2. The molecule has 0 spiro atoms. The predicted octanol–water partition coefficient (Wildman–Crippen LogP) is 0.996. The van der Waals surface area contributed by atoms with Crippen molar-refractivity contribution in [2.24, 2.45) is 0 Å². The Hall–Kier alpha value is 0.250. The van der Waals surface area contributed by atoms with Gasteiger partial charge in [-0.15, -0.1) is 4.89 Å². The summed E-state index contributed by atoms with van der Waals surface area (Å²) in [7, 11) is 1.10. The normalized spacial score (nSPS) is 10.2. The molecule has 0 aliphatic heterocycles. The average molecular weight is 211 g/mol. The van der Waals surface area contributed by atoms with Crippen LogP contribution in [0.25, 0.3) is 0 Å². The largest absolute Gasteiger partial charge is 0.374 e. The monoisotopic (exact) mass is 211 g/mol. The summed E-state index contributed by atoms with van der Waals surface area (Å²) in [5, 5.41) is 0. The molecule has 0 radical (unpaired) electrons. The minimum Gasteiger partial charge on any atom is -0.374 e. The first-order valence-corrected chi connectivity index (χ1v) is 5.38. The lowest BCUT2D eigenvalue weighted by atomic mass is 10.4. The van der Waals surface area contributed by atoms with Crippen molar-refractivity contribution in [1.29, 1.82) is 0 Å². The summed E-state index contributed by atoms with van der Waals surface area (Å²) in [6, 6.07) is 0. The minimum absolute atomic E-state index is 0.0416. The zero-order valence-corrected chi connectivity index (χ0v) is 8.62. The van der Waals surface area contributed by atoms with Gasteiger partial charge in [-0.1, -0.05) is 11.7 Å². The van der Waals surface area contributed by atoms with Gasteiger partial charge in [0.2, 0.25) is 0 Å². The molecule has 0 saturated heterocycles. The van der Waals surface area contributed by atoms with E-state index in [9.17, 15) is 4.79 Å². The van der Waals surface area contributed by atoms with E-state index in [4.69, 9.17) is 9.57 Å². The maximum absolute atomic E-state index is 10.4. The molecule has 72 valence electrons. The lowest BCUT2D eigenvalue weighted by Gasteiger charge is -2.02. The third-order valence-electron chi connectivity index (χ3n) is 0.937. The number of hydrogen-bond donors (Lipinski definition) is 2. The maximum atomic E-state index is 10.4. The highest BCUT2D eigenvalue weighted by Gasteiger charge is 1.92. The molecule has 6 heteroatoms. The Morgan fingerprint density at radius 3 is 2.92 bits per heavy atom. The second kappa shape index (κ2) is 9.34. The first-order chi connectivity index (χ1) is 5.77. The van der Waals surface area contributed by atoms with Crippen LogP contribution in [0.2, 0.25) is 0 Å². The Kier molecular flexibility index (Phi) is 9.53. The number of Topliss-reactive ketones (excluding diaryl/α,β-unsaturated/α-hetero) is 1. The van der Waals surface area contributed by atoms with Crippen LogP contribution in [0.5, 0.6) is 0 Å². The first kappa shape index (κ1) is 12.2. The van der Waals surface area contributed by atoms with E-state index in [0.717, 1.165) is 17.4 Å². The van der Waals surface area contributed by atoms with Crippen LogP contribution < -0.4 is 4.89 Å². The summed E-state index contributed by atoms with van der Waals surface area (Å²) in [5.74, 6) is 0.0416. The number of ether oxygens (including phenoxy) is 1. The molecule has 0 aromatic carbocycles. The van der Waals surface area contributed by atoms with Crippen LogP contribution in [0.3, 0.4) is 0 Å². The fourth-order valence-electron chi connectivity index (χ4n) is 0.517. The number of rotatable bonds is 8. The summed E-state index contributed by atoms with van der Waals surface area (Å²) in [6.07, 6.45) is 0.759. The van der Waals surface area contributed by atoms with Gasteiger partial charge >= 0.3 is 0 Å². The lowest BCUT2D eigenvalue weighted by Crippen LogP contribution is -2.09. The third-order valence-corrected chi connectivity index (χ3v) is 1.35. The van der Waals surface area contributed by atoms with E-state index in [1.54, 1.807) is 0 Å². The van der Waals surface area contributed by atoms with Gasteiger partial charge < -0.3 is 4.74 Å². The molecule has 4 nitrogen and oxygen atoms in total. The standard InChI is InChI=1S/C6H13NO3S2/c1-6(8)5-9-3-2-4-10-7-12-11/h7,11H,2-5H2,1H3. The summed E-state index contributed by atoms with van der Waals surface area (Å²) in [6.45, 7) is 2.77. The molecule has 1 N–H and O–H groups in total. The molecule has 0 fully saturated rings. The van der Waals surface area contributed by atoms with Crippen molar-refractivity contribution in [3.63, 3.8) is 0 Å². The van der Waals surface area contributed by atoms with E-state index in [1.807, 2.05) is 0 Å². The van der Waals surface area contributed by atoms with Crippen LogP contribution in [-0.4, -0.2) is 25.6 Å². The Labute approximate surface area is 81.3 Å². The van der Waals surface area contributed by atoms with Crippen molar-refractivity contribution in [1.82, 2.24) is 4.89 Å². The molecule has 0 amide bonds. The Balaban J connectivity index is 2.86. The highest BCUT2D eigenvalue weighted by atomic mass is 33.1. The second-order valence-corrected chi connectivity index (χ2v) is 3.03. The van der Waals surface area contributed by atoms with Gasteiger partial charge in [-0.3, -0.25) is 9.63 Å². The number of carbonyl (C=O) groups excluding carboxylic acids is 1. The molecule has 0 aromatic heterocycles. The summed E-state index contributed by atoms with van der Waals surface area (Å²) in [4.78, 5) is 17.8.